The summed E-state index contributed by atoms with van der Waals surface area (Å²) in [5.74, 6) is 1.05. The lowest BCUT2D eigenvalue weighted by molar-refractivity contribution is -0.643. The first-order valence-corrected chi connectivity index (χ1v) is 6.27. The summed E-state index contributed by atoms with van der Waals surface area (Å²) in [4.78, 5) is 0. The summed E-state index contributed by atoms with van der Waals surface area (Å²) < 4.78 is 26.2. The molecule has 0 amide bonds. The Morgan fingerprint density at radius 2 is 1.62 bits per heavy atom. The summed E-state index contributed by atoms with van der Waals surface area (Å²) in [6, 6.07) is 8.58. The third kappa shape index (κ3) is 2.47. The molecule has 21 heavy (non-hydrogen) atoms. The number of benzene rings is 2. The van der Waals surface area contributed by atoms with Gasteiger partial charge in [0.05, 0.1) is 25.0 Å². The number of fused-ring (bicyclic) bond motifs is 3. The van der Waals surface area contributed by atoms with Gasteiger partial charge in [-0.3, -0.25) is 0 Å². The fraction of sp³-hybridized carbons (Fsp3) is 0.188. The number of pyridine rings is 1. The van der Waals surface area contributed by atoms with Crippen molar-refractivity contribution in [3.05, 3.63) is 42.3 Å². The number of rotatable bonds is 2. The molecule has 5 heteroatoms. The number of ether oxygens (including phenoxy) is 2. The molecule has 0 aliphatic heterocycles. The smallest absolute Gasteiger partial charge is 0.213 e. The predicted molar refractivity (Wildman–Crippen MR) is 75.7 cm³/mol. The first-order valence-electron chi connectivity index (χ1n) is 6.27. The fourth-order valence-corrected chi connectivity index (χ4v) is 2.54. The Bertz CT molecular complexity index is 820. The topological polar surface area (TPSA) is 22.3 Å². The summed E-state index contributed by atoms with van der Waals surface area (Å²) in [6.45, 7) is 0. The molecule has 0 radical (unpaired) electrons. The van der Waals surface area contributed by atoms with Gasteiger partial charge in [0.15, 0.2) is 17.7 Å². The van der Waals surface area contributed by atoms with E-state index in [9.17, 15) is 4.39 Å². The maximum atomic E-state index is 13.6. The molecule has 0 spiro atoms. The summed E-state index contributed by atoms with van der Waals surface area (Å²) in [5.41, 5.74) is 0.964. The summed E-state index contributed by atoms with van der Waals surface area (Å²) in [5, 5.41) is 2.77. The molecule has 110 valence electrons. The van der Waals surface area contributed by atoms with Crippen LogP contribution in [0.4, 0.5) is 4.39 Å². The molecular weight excluding hydrogens is 293 g/mol. The van der Waals surface area contributed by atoms with Crippen LogP contribution in [0.1, 0.15) is 0 Å². The van der Waals surface area contributed by atoms with Gasteiger partial charge in [-0.05, 0) is 24.3 Å². The molecular formula is C16H15ClFNO2. The average Bonchev–Trinajstić information content (AvgIpc) is 2.46. The number of methoxy groups -OCH3 is 2. The van der Waals surface area contributed by atoms with Crippen molar-refractivity contribution in [1.29, 1.82) is 0 Å². The van der Waals surface area contributed by atoms with Crippen LogP contribution in [0, 0.1) is 5.82 Å². The first-order chi connectivity index (χ1) is 9.63. The third-order valence-corrected chi connectivity index (χ3v) is 3.52. The minimum Gasteiger partial charge on any atom is -1.00 e. The van der Waals surface area contributed by atoms with Gasteiger partial charge < -0.3 is 21.9 Å². The number of nitrogens with zero attached hydrogens (tertiary/aromatic N) is 1. The van der Waals surface area contributed by atoms with Crippen LogP contribution in [0.5, 0.6) is 11.5 Å². The van der Waals surface area contributed by atoms with Crippen molar-refractivity contribution in [2.24, 2.45) is 7.05 Å². The highest BCUT2D eigenvalue weighted by molar-refractivity contribution is 6.05. The molecule has 1 aromatic heterocycles. The van der Waals surface area contributed by atoms with E-state index in [0.717, 1.165) is 21.7 Å². The average molecular weight is 308 g/mol. The van der Waals surface area contributed by atoms with Crippen molar-refractivity contribution in [2.45, 2.75) is 0 Å². The molecule has 2 aromatic carbocycles. The number of hydrogen-bond donors (Lipinski definition) is 0. The second-order valence-corrected chi connectivity index (χ2v) is 4.70. The largest absolute Gasteiger partial charge is 1.00 e. The van der Waals surface area contributed by atoms with Crippen LogP contribution in [0.15, 0.2) is 36.5 Å². The molecule has 0 N–H and O–H groups in total. The molecule has 0 saturated heterocycles. The van der Waals surface area contributed by atoms with Gasteiger partial charge in [0, 0.05) is 11.5 Å². The van der Waals surface area contributed by atoms with Crippen LogP contribution in [0.3, 0.4) is 0 Å². The molecule has 3 aromatic rings. The van der Waals surface area contributed by atoms with E-state index in [0.29, 0.717) is 11.5 Å². The maximum absolute atomic E-state index is 13.6. The van der Waals surface area contributed by atoms with Gasteiger partial charge in [0.2, 0.25) is 5.52 Å². The molecule has 0 aliphatic rings. The summed E-state index contributed by atoms with van der Waals surface area (Å²) >= 11 is 0. The highest BCUT2D eigenvalue weighted by Crippen LogP contribution is 2.34. The van der Waals surface area contributed by atoms with Crippen LogP contribution >= 0.6 is 0 Å². The number of aromatic nitrogens is 1. The van der Waals surface area contributed by atoms with Crippen LogP contribution in [-0.2, 0) is 7.05 Å². The fourth-order valence-electron chi connectivity index (χ4n) is 2.54. The molecule has 3 rings (SSSR count). The SMILES string of the molecule is COc1cc2c[n+](C)c3ccc(F)cc3c2cc1OC.[Cl-]. The van der Waals surface area contributed by atoms with E-state index in [1.54, 1.807) is 26.4 Å². The Morgan fingerprint density at radius 3 is 2.29 bits per heavy atom. The van der Waals surface area contributed by atoms with E-state index in [2.05, 4.69) is 0 Å². The lowest BCUT2D eigenvalue weighted by Gasteiger charge is -2.10. The van der Waals surface area contributed by atoms with Gasteiger partial charge in [-0.2, -0.15) is 0 Å². The maximum Gasteiger partial charge on any atom is 0.213 e. The second kappa shape index (κ2) is 5.74. The zero-order chi connectivity index (χ0) is 14.3. The van der Waals surface area contributed by atoms with E-state index in [4.69, 9.17) is 9.47 Å². The highest BCUT2D eigenvalue weighted by atomic mass is 35.5. The van der Waals surface area contributed by atoms with Crippen molar-refractivity contribution >= 4 is 21.7 Å². The van der Waals surface area contributed by atoms with Gasteiger partial charge in [-0.1, -0.05) is 0 Å². The Balaban J connectivity index is 0.00000161. The molecule has 0 aliphatic carbocycles. The second-order valence-electron chi connectivity index (χ2n) is 4.70. The van der Waals surface area contributed by atoms with Crippen molar-refractivity contribution in [2.75, 3.05) is 14.2 Å². The summed E-state index contributed by atoms with van der Waals surface area (Å²) in [7, 11) is 5.14. The summed E-state index contributed by atoms with van der Waals surface area (Å²) in [6.07, 6.45) is 2.00. The van der Waals surface area contributed by atoms with Crippen molar-refractivity contribution in [1.82, 2.24) is 0 Å². The molecule has 3 nitrogen and oxygen atoms in total. The normalized spacial score (nSPS) is 10.5. The molecule has 0 atom stereocenters. The zero-order valence-corrected chi connectivity index (χ0v) is 12.7. The minimum atomic E-state index is -0.250. The Hall–Kier alpha value is -2.07. The Labute approximate surface area is 128 Å². The van der Waals surface area contributed by atoms with Crippen molar-refractivity contribution in [3.63, 3.8) is 0 Å². The monoisotopic (exact) mass is 307 g/mol. The third-order valence-electron chi connectivity index (χ3n) is 3.52. The Kier molecular flexibility index (Phi) is 4.19. The van der Waals surface area contributed by atoms with E-state index in [1.165, 1.54) is 6.07 Å². The molecule has 0 bridgehead atoms. The van der Waals surface area contributed by atoms with E-state index < -0.39 is 0 Å². The molecule has 0 unspecified atom stereocenters. The Morgan fingerprint density at radius 1 is 0.952 bits per heavy atom. The highest BCUT2D eigenvalue weighted by Gasteiger charge is 2.14. The van der Waals surface area contributed by atoms with Gasteiger partial charge in [0.25, 0.3) is 0 Å². The quantitative estimate of drug-likeness (QED) is 0.490. The van der Waals surface area contributed by atoms with Gasteiger partial charge in [-0.25, -0.2) is 8.96 Å². The van der Waals surface area contributed by atoms with Gasteiger partial charge in [0.1, 0.15) is 12.9 Å². The van der Waals surface area contributed by atoms with Crippen LogP contribution in [0.25, 0.3) is 21.7 Å². The molecule has 0 fully saturated rings. The molecule has 0 saturated carbocycles. The van der Waals surface area contributed by atoms with Crippen molar-refractivity contribution in [3.8, 4) is 11.5 Å². The zero-order valence-electron chi connectivity index (χ0n) is 12.0. The van der Waals surface area contributed by atoms with E-state index in [1.807, 2.05) is 29.9 Å². The van der Waals surface area contributed by atoms with E-state index >= 15 is 0 Å². The van der Waals surface area contributed by atoms with E-state index in [-0.39, 0.29) is 18.2 Å². The lowest BCUT2D eigenvalue weighted by Crippen LogP contribution is -3.00. The van der Waals surface area contributed by atoms with Crippen molar-refractivity contribution < 1.29 is 30.8 Å². The lowest BCUT2D eigenvalue weighted by atomic mass is 10.1. The first kappa shape index (κ1) is 15.3. The number of halogens is 2. The number of aryl methyl sites for hydroxylation is 1. The van der Waals surface area contributed by atoms with Crippen LogP contribution in [0.2, 0.25) is 0 Å². The molecule has 1 heterocycles. The van der Waals surface area contributed by atoms with Gasteiger partial charge in [-0.15, -0.1) is 0 Å². The van der Waals surface area contributed by atoms with Crippen LogP contribution in [-0.4, -0.2) is 14.2 Å². The standard InChI is InChI=1S/C16H15FNO2.ClH/c1-18-9-10-6-15(19-2)16(20-3)8-12(10)13-7-11(17)4-5-14(13)18;/h4-9H,1-3H3;1H/q+1;/p-1. The number of hydrogen-bond acceptors (Lipinski definition) is 2. The minimum absolute atomic E-state index is 0. The van der Waals surface area contributed by atoms with Crippen LogP contribution < -0.4 is 26.4 Å². The van der Waals surface area contributed by atoms with Gasteiger partial charge >= 0.3 is 0 Å². The predicted octanol–water partition coefficient (Wildman–Crippen LogP) is -0.0222.